The summed E-state index contributed by atoms with van der Waals surface area (Å²) in [7, 11) is 1.66. The maximum atomic E-state index is 5.90. The van der Waals surface area contributed by atoms with Gasteiger partial charge >= 0.3 is 0 Å². The van der Waals surface area contributed by atoms with Crippen molar-refractivity contribution in [3.8, 4) is 11.5 Å². The van der Waals surface area contributed by atoms with E-state index < -0.39 is 0 Å². The van der Waals surface area contributed by atoms with Gasteiger partial charge in [0.1, 0.15) is 6.61 Å². The standard InChI is InChI=1S/C20H23N3O2S/c1-14(22-11-18-13-26-15(2)23-18)17-4-5-19(20(10-17)24-3)25-12-16-6-8-21-9-7-16/h4-10,13-14,22H,11-12H2,1-3H3/t14-/m0/s1. The summed E-state index contributed by atoms with van der Waals surface area (Å²) in [6.45, 7) is 5.38. The van der Waals surface area contributed by atoms with Crippen molar-refractivity contribution in [1.29, 1.82) is 0 Å². The van der Waals surface area contributed by atoms with Gasteiger partial charge < -0.3 is 14.8 Å². The highest BCUT2D eigenvalue weighted by atomic mass is 32.1. The Morgan fingerprint density at radius 1 is 1.15 bits per heavy atom. The van der Waals surface area contributed by atoms with Crippen molar-refractivity contribution in [3.05, 3.63) is 69.9 Å². The highest BCUT2D eigenvalue weighted by molar-refractivity contribution is 7.09. The first-order valence-electron chi connectivity index (χ1n) is 8.49. The molecule has 0 unspecified atom stereocenters. The highest BCUT2D eigenvalue weighted by Crippen LogP contribution is 2.31. The number of methoxy groups -OCH3 is 1. The SMILES string of the molecule is COc1cc([C@H](C)NCc2csc(C)n2)ccc1OCc1ccncc1. The number of nitrogens with zero attached hydrogens (tertiary/aromatic N) is 2. The lowest BCUT2D eigenvalue weighted by atomic mass is 10.1. The minimum atomic E-state index is 0.181. The molecule has 5 nitrogen and oxygen atoms in total. The molecule has 0 amide bonds. The van der Waals surface area contributed by atoms with Crippen LogP contribution in [0, 0.1) is 6.92 Å². The number of thiazole rings is 1. The molecule has 0 saturated carbocycles. The minimum absolute atomic E-state index is 0.181. The summed E-state index contributed by atoms with van der Waals surface area (Å²) in [6.07, 6.45) is 3.52. The van der Waals surface area contributed by atoms with Gasteiger partial charge in [-0.3, -0.25) is 4.98 Å². The molecule has 0 fully saturated rings. The summed E-state index contributed by atoms with van der Waals surface area (Å²) < 4.78 is 11.4. The van der Waals surface area contributed by atoms with Crippen molar-refractivity contribution in [3.63, 3.8) is 0 Å². The van der Waals surface area contributed by atoms with Crippen LogP contribution in [0.25, 0.3) is 0 Å². The zero-order valence-electron chi connectivity index (χ0n) is 15.2. The van der Waals surface area contributed by atoms with Gasteiger partial charge in [0.15, 0.2) is 11.5 Å². The Morgan fingerprint density at radius 3 is 2.65 bits per heavy atom. The van der Waals surface area contributed by atoms with Gasteiger partial charge in [0.05, 0.1) is 17.8 Å². The van der Waals surface area contributed by atoms with E-state index in [0.29, 0.717) is 6.61 Å². The fraction of sp³-hybridized carbons (Fsp3) is 0.300. The predicted molar refractivity (Wildman–Crippen MR) is 104 cm³/mol. The molecular formula is C20H23N3O2S. The molecule has 136 valence electrons. The molecule has 3 aromatic rings. The molecule has 6 heteroatoms. The van der Waals surface area contributed by atoms with Gasteiger partial charge in [0.2, 0.25) is 0 Å². The first kappa shape index (κ1) is 18.4. The molecule has 3 rings (SSSR count). The molecule has 0 aliphatic heterocycles. The van der Waals surface area contributed by atoms with E-state index in [-0.39, 0.29) is 6.04 Å². The largest absolute Gasteiger partial charge is 0.493 e. The molecule has 1 N–H and O–H groups in total. The zero-order chi connectivity index (χ0) is 18.4. The maximum absolute atomic E-state index is 5.90. The van der Waals surface area contributed by atoms with Crippen LogP contribution in [0.4, 0.5) is 0 Å². The van der Waals surface area contributed by atoms with Crippen molar-refractivity contribution in [2.24, 2.45) is 0 Å². The van der Waals surface area contributed by atoms with Crippen LogP contribution in [0.15, 0.2) is 48.1 Å². The first-order valence-corrected chi connectivity index (χ1v) is 9.37. The Morgan fingerprint density at radius 2 is 1.96 bits per heavy atom. The first-order chi connectivity index (χ1) is 12.7. The predicted octanol–water partition coefficient (Wildman–Crippen LogP) is 4.28. The lowest BCUT2D eigenvalue weighted by Gasteiger charge is -2.17. The third-order valence-corrected chi connectivity index (χ3v) is 4.91. The molecule has 26 heavy (non-hydrogen) atoms. The number of ether oxygens (including phenoxy) is 2. The van der Waals surface area contributed by atoms with E-state index in [9.17, 15) is 0 Å². The third kappa shape index (κ3) is 4.80. The number of rotatable bonds is 8. The van der Waals surface area contributed by atoms with Crippen LogP contribution in [-0.2, 0) is 13.2 Å². The van der Waals surface area contributed by atoms with Crippen molar-refractivity contribution in [1.82, 2.24) is 15.3 Å². The summed E-state index contributed by atoms with van der Waals surface area (Å²) in [4.78, 5) is 8.50. The second kappa shape index (κ2) is 8.78. The second-order valence-electron chi connectivity index (χ2n) is 6.01. The summed E-state index contributed by atoms with van der Waals surface area (Å²) in [5, 5.41) is 6.68. The summed E-state index contributed by atoms with van der Waals surface area (Å²) in [5.74, 6) is 1.46. The van der Waals surface area contributed by atoms with E-state index in [4.69, 9.17) is 9.47 Å². The Labute approximate surface area is 158 Å². The highest BCUT2D eigenvalue weighted by Gasteiger charge is 2.11. The van der Waals surface area contributed by atoms with E-state index in [1.54, 1.807) is 30.8 Å². The van der Waals surface area contributed by atoms with Crippen LogP contribution in [0.1, 0.15) is 34.8 Å². The molecule has 0 radical (unpaired) electrons. The summed E-state index contributed by atoms with van der Waals surface area (Å²) in [5.41, 5.74) is 3.29. The van der Waals surface area contributed by atoms with Crippen molar-refractivity contribution >= 4 is 11.3 Å². The lowest BCUT2D eigenvalue weighted by Crippen LogP contribution is -2.18. The number of hydrogen-bond acceptors (Lipinski definition) is 6. The van der Waals surface area contributed by atoms with Gasteiger partial charge in [-0.05, 0) is 49.2 Å². The Hall–Kier alpha value is -2.44. The topological polar surface area (TPSA) is 56.3 Å². The lowest BCUT2D eigenvalue weighted by molar-refractivity contribution is 0.284. The third-order valence-electron chi connectivity index (χ3n) is 4.09. The maximum Gasteiger partial charge on any atom is 0.161 e. The van der Waals surface area contributed by atoms with Crippen LogP contribution in [0.2, 0.25) is 0 Å². The van der Waals surface area contributed by atoms with Crippen molar-refractivity contribution in [2.45, 2.75) is 33.0 Å². The Balaban J connectivity index is 1.63. The number of hydrogen-bond donors (Lipinski definition) is 1. The summed E-state index contributed by atoms with van der Waals surface area (Å²) >= 11 is 1.67. The molecule has 0 aliphatic rings. The minimum Gasteiger partial charge on any atom is -0.493 e. The smallest absolute Gasteiger partial charge is 0.161 e. The fourth-order valence-corrected chi connectivity index (χ4v) is 3.19. The normalized spacial score (nSPS) is 12.0. The summed E-state index contributed by atoms with van der Waals surface area (Å²) in [6, 6.07) is 10.1. The van der Waals surface area contributed by atoms with Gasteiger partial charge in [-0.25, -0.2) is 4.98 Å². The molecule has 0 saturated heterocycles. The van der Waals surface area contributed by atoms with Gasteiger partial charge in [-0.15, -0.1) is 11.3 Å². The van der Waals surface area contributed by atoms with E-state index >= 15 is 0 Å². The Bertz CT molecular complexity index is 836. The van der Waals surface area contributed by atoms with E-state index in [1.165, 1.54) is 0 Å². The van der Waals surface area contributed by atoms with Crippen molar-refractivity contribution < 1.29 is 9.47 Å². The number of aryl methyl sites for hydroxylation is 1. The zero-order valence-corrected chi connectivity index (χ0v) is 16.0. The van der Waals surface area contributed by atoms with Gasteiger partial charge in [-0.1, -0.05) is 6.07 Å². The van der Waals surface area contributed by atoms with Gasteiger partial charge in [0, 0.05) is 30.4 Å². The average molecular weight is 369 g/mol. The molecule has 0 bridgehead atoms. The van der Waals surface area contributed by atoms with Gasteiger partial charge in [0.25, 0.3) is 0 Å². The fourth-order valence-electron chi connectivity index (χ4n) is 2.58. The molecule has 2 heterocycles. The van der Waals surface area contributed by atoms with E-state index in [0.717, 1.165) is 39.9 Å². The number of benzene rings is 1. The second-order valence-corrected chi connectivity index (χ2v) is 7.08. The molecule has 1 atom stereocenters. The molecule has 0 spiro atoms. The van der Waals surface area contributed by atoms with Crippen LogP contribution < -0.4 is 14.8 Å². The molecule has 0 aliphatic carbocycles. The Kier molecular flexibility index (Phi) is 6.20. The van der Waals surface area contributed by atoms with Crippen LogP contribution >= 0.6 is 11.3 Å². The number of pyridine rings is 1. The van der Waals surface area contributed by atoms with E-state index in [2.05, 4.69) is 33.7 Å². The van der Waals surface area contributed by atoms with Crippen LogP contribution in [0.3, 0.4) is 0 Å². The monoisotopic (exact) mass is 369 g/mol. The van der Waals surface area contributed by atoms with Gasteiger partial charge in [-0.2, -0.15) is 0 Å². The molecule has 1 aromatic carbocycles. The average Bonchev–Trinajstić information content (AvgIpc) is 3.10. The van der Waals surface area contributed by atoms with Crippen molar-refractivity contribution in [2.75, 3.05) is 7.11 Å². The molecular weight excluding hydrogens is 346 g/mol. The number of aromatic nitrogens is 2. The van der Waals surface area contributed by atoms with E-state index in [1.807, 2.05) is 31.2 Å². The van der Waals surface area contributed by atoms with Crippen LogP contribution in [-0.4, -0.2) is 17.1 Å². The molecule has 2 aromatic heterocycles. The number of nitrogens with one attached hydrogen (secondary N) is 1. The quantitative estimate of drug-likeness (QED) is 0.642. The van der Waals surface area contributed by atoms with Crippen LogP contribution in [0.5, 0.6) is 11.5 Å².